The quantitative estimate of drug-likeness (QED) is 0.830. The van der Waals surface area contributed by atoms with Gasteiger partial charge >= 0.3 is 0 Å². The molecule has 1 unspecified atom stereocenters. The highest BCUT2D eigenvalue weighted by molar-refractivity contribution is 6.00. The molecule has 1 heterocycles. The molecular weight excluding hydrogens is 313 g/mol. The van der Waals surface area contributed by atoms with E-state index in [1.54, 1.807) is 4.90 Å². The van der Waals surface area contributed by atoms with Crippen LogP contribution in [0, 0.1) is 5.82 Å². The number of benzene rings is 1. The molecule has 0 aliphatic carbocycles. The fraction of sp³-hybridized carbons (Fsp3) is 0.353. The predicted molar refractivity (Wildman–Crippen MR) is 88.9 cm³/mol. The number of halogens is 1. The summed E-state index contributed by atoms with van der Waals surface area (Å²) in [6, 6.07) is 3.35. The molecule has 1 aromatic rings. The van der Waals surface area contributed by atoms with E-state index in [-0.39, 0.29) is 17.5 Å². The number of hydrogen-bond acceptors (Lipinski definition) is 3. The van der Waals surface area contributed by atoms with Gasteiger partial charge in [-0.1, -0.05) is 6.58 Å². The van der Waals surface area contributed by atoms with Gasteiger partial charge in [-0.15, -0.1) is 0 Å². The number of piperidine rings is 1. The Labute approximate surface area is 139 Å². The first kappa shape index (κ1) is 17.7. The Morgan fingerprint density at radius 3 is 2.71 bits per heavy atom. The maximum absolute atomic E-state index is 13.7. The van der Waals surface area contributed by atoms with Gasteiger partial charge in [-0.05, 0) is 43.5 Å². The van der Waals surface area contributed by atoms with Crippen molar-refractivity contribution in [1.82, 2.24) is 4.90 Å². The van der Waals surface area contributed by atoms with Crippen molar-refractivity contribution in [1.29, 1.82) is 0 Å². The lowest BCUT2D eigenvalue weighted by Gasteiger charge is -2.33. The van der Waals surface area contributed by atoms with E-state index in [1.807, 2.05) is 0 Å². The van der Waals surface area contributed by atoms with Gasteiger partial charge in [0.25, 0.3) is 0 Å². The molecule has 24 heavy (non-hydrogen) atoms. The third kappa shape index (κ3) is 4.18. The zero-order valence-electron chi connectivity index (χ0n) is 13.5. The summed E-state index contributed by atoms with van der Waals surface area (Å²) in [7, 11) is 0. The predicted octanol–water partition coefficient (Wildman–Crippen LogP) is 2.29. The number of likely N-dealkylation sites (tertiary alicyclic amines) is 1. The van der Waals surface area contributed by atoms with Gasteiger partial charge in [0.05, 0.1) is 5.69 Å². The number of amides is 3. The van der Waals surface area contributed by atoms with Crippen LogP contribution in [0.1, 0.15) is 26.2 Å². The van der Waals surface area contributed by atoms with Crippen molar-refractivity contribution < 1.29 is 18.8 Å². The normalized spacial score (nSPS) is 17.1. The fourth-order valence-electron chi connectivity index (χ4n) is 2.69. The average molecular weight is 333 g/mol. The van der Waals surface area contributed by atoms with E-state index >= 15 is 0 Å². The van der Waals surface area contributed by atoms with Gasteiger partial charge in [-0.25, -0.2) is 4.39 Å². The van der Waals surface area contributed by atoms with E-state index in [0.717, 1.165) is 25.0 Å². The third-order valence-electron chi connectivity index (χ3n) is 3.89. The monoisotopic (exact) mass is 333 g/mol. The summed E-state index contributed by atoms with van der Waals surface area (Å²) in [6.07, 6.45) is 3.35. The summed E-state index contributed by atoms with van der Waals surface area (Å²) in [5.41, 5.74) is 0.291. The standard InChI is InChI=1S/C17H20FN3O3/c1-3-16(23)20-14-10-12(7-8-13(14)18)19-17(24)15-6-4-5-9-21(15)11(2)22/h3,7-8,10,15H,1,4-6,9H2,2H3,(H,19,24)(H,20,23). The number of anilines is 2. The molecule has 1 saturated heterocycles. The van der Waals surface area contributed by atoms with Crippen molar-refractivity contribution in [3.05, 3.63) is 36.7 Å². The van der Waals surface area contributed by atoms with E-state index in [0.29, 0.717) is 18.7 Å². The second-order valence-corrected chi connectivity index (χ2v) is 5.60. The molecule has 1 aliphatic heterocycles. The van der Waals surface area contributed by atoms with Crippen molar-refractivity contribution >= 4 is 29.1 Å². The van der Waals surface area contributed by atoms with E-state index < -0.39 is 17.8 Å². The molecule has 1 aromatic carbocycles. The summed E-state index contributed by atoms with van der Waals surface area (Å²) in [5.74, 6) is -1.64. The van der Waals surface area contributed by atoms with Crippen LogP contribution >= 0.6 is 0 Å². The van der Waals surface area contributed by atoms with Crippen LogP contribution in [0.5, 0.6) is 0 Å². The van der Waals surface area contributed by atoms with E-state index in [4.69, 9.17) is 0 Å². The molecule has 1 fully saturated rings. The number of carbonyl (C=O) groups excluding carboxylic acids is 3. The number of rotatable bonds is 4. The lowest BCUT2D eigenvalue weighted by atomic mass is 10.0. The SMILES string of the molecule is C=CC(=O)Nc1cc(NC(=O)C2CCCCN2C(C)=O)ccc1F. The molecule has 1 atom stereocenters. The number of hydrogen-bond donors (Lipinski definition) is 2. The Morgan fingerprint density at radius 1 is 1.29 bits per heavy atom. The first-order valence-corrected chi connectivity index (χ1v) is 7.73. The smallest absolute Gasteiger partial charge is 0.247 e. The minimum atomic E-state index is -0.619. The van der Waals surface area contributed by atoms with Crippen LogP contribution in [0.15, 0.2) is 30.9 Å². The summed E-state index contributed by atoms with van der Waals surface area (Å²) >= 11 is 0. The molecule has 0 radical (unpaired) electrons. The fourth-order valence-corrected chi connectivity index (χ4v) is 2.69. The Balaban J connectivity index is 2.13. The minimum absolute atomic E-state index is 0.0511. The Kier molecular flexibility index (Phi) is 5.68. The van der Waals surface area contributed by atoms with E-state index in [9.17, 15) is 18.8 Å². The van der Waals surface area contributed by atoms with E-state index in [1.165, 1.54) is 19.1 Å². The summed E-state index contributed by atoms with van der Waals surface area (Å²) < 4.78 is 13.7. The molecule has 0 aromatic heterocycles. The lowest BCUT2D eigenvalue weighted by Crippen LogP contribution is -2.49. The van der Waals surface area contributed by atoms with Crippen LogP contribution in [0.2, 0.25) is 0 Å². The second kappa shape index (κ2) is 7.72. The first-order valence-electron chi connectivity index (χ1n) is 7.73. The Bertz CT molecular complexity index is 675. The van der Waals surface area contributed by atoms with Crippen molar-refractivity contribution in [3.63, 3.8) is 0 Å². The topological polar surface area (TPSA) is 78.5 Å². The molecular formula is C17H20FN3O3. The van der Waals surface area contributed by atoms with Gasteiger partial charge < -0.3 is 15.5 Å². The minimum Gasteiger partial charge on any atom is -0.331 e. The number of carbonyl (C=O) groups is 3. The van der Waals surface area contributed by atoms with Crippen LogP contribution < -0.4 is 10.6 Å². The molecule has 0 bridgehead atoms. The van der Waals surface area contributed by atoms with Gasteiger partial charge in [0.2, 0.25) is 17.7 Å². The largest absolute Gasteiger partial charge is 0.331 e. The van der Waals surface area contributed by atoms with Crippen LogP contribution in [0.25, 0.3) is 0 Å². The Hall–Kier alpha value is -2.70. The lowest BCUT2D eigenvalue weighted by molar-refractivity contribution is -0.138. The van der Waals surface area contributed by atoms with Gasteiger partial charge in [-0.3, -0.25) is 14.4 Å². The highest BCUT2D eigenvalue weighted by Gasteiger charge is 2.30. The molecule has 0 spiro atoms. The molecule has 128 valence electrons. The molecule has 7 heteroatoms. The Morgan fingerprint density at radius 2 is 2.04 bits per heavy atom. The molecule has 2 N–H and O–H groups in total. The average Bonchev–Trinajstić information content (AvgIpc) is 2.57. The molecule has 0 saturated carbocycles. The summed E-state index contributed by atoms with van der Waals surface area (Å²) in [5, 5.41) is 5.01. The van der Waals surface area contributed by atoms with Crippen LogP contribution in [0.3, 0.4) is 0 Å². The summed E-state index contributed by atoms with van der Waals surface area (Å²) in [4.78, 5) is 37.0. The van der Waals surface area contributed by atoms with Gasteiger partial charge in [0.1, 0.15) is 11.9 Å². The van der Waals surface area contributed by atoms with Crippen LogP contribution in [-0.4, -0.2) is 35.2 Å². The number of nitrogens with one attached hydrogen (secondary N) is 2. The zero-order valence-corrected chi connectivity index (χ0v) is 13.5. The molecule has 6 nitrogen and oxygen atoms in total. The maximum atomic E-state index is 13.7. The van der Waals surface area contributed by atoms with Crippen LogP contribution in [0.4, 0.5) is 15.8 Å². The number of nitrogens with zero attached hydrogens (tertiary/aromatic N) is 1. The van der Waals surface area contributed by atoms with Crippen molar-refractivity contribution in [2.24, 2.45) is 0 Å². The van der Waals surface area contributed by atoms with E-state index in [2.05, 4.69) is 17.2 Å². The molecule has 3 amide bonds. The highest BCUT2D eigenvalue weighted by atomic mass is 19.1. The maximum Gasteiger partial charge on any atom is 0.247 e. The summed E-state index contributed by atoms with van der Waals surface area (Å²) in [6.45, 7) is 5.29. The highest BCUT2D eigenvalue weighted by Crippen LogP contribution is 2.22. The van der Waals surface area contributed by atoms with Crippen molar-refractivity contribution in [3.8, 4) is 0 Å². The van der Waals surface area contributed by atoms with Gasteiger partial charge in [0, 0.05) is 19.2 Å². The molecule has 1 aliphatic rings. The third-order valence-corrected chi connectivity index (χ3v) is 3.89. The zero-order chi connectivity index (χ0) is 17.7. The van der Waals surface area contributed by atoms with Gasteiger partial charge in [0.15, 0.2) is 0 Å². The second-order valence-electron chi connectivity index (χ2n) is 5.60. The van der Waals surface area contributed by atoms with Crippen molar-refractivity contribution in [2.45, 2.75) is 32.2 Å². The van der Waals surface area contributed by atoms with Gasteiger partial charge in [-0.2, -0.15) is 0 Å². The first-order chi connectivity index (χ1) is 11.4. The van der Waals surface area contributed by atoms with Crippen molar-refractivity contribution in [2.75, 3.05) is 17.2 Å². The molecule has 2 rings (SSSR count). The van der Waals surface area contributed by atoms with Crippen LogP contribution in [-0.2, 0) is 14.4 Å².